The molecule has 38 heavy (non-hydrogen) atoms. The summed E-state index contributed by atoms with van der Waals surface area (Å²) in [5.74, 6) is -2.72. The van der Waals surface area contributed by atoms with E-state index in [1.165, 1.54) is 10.5 Å². The number of hydrogen-bond acceptors (Lipinski definition) is 6. The Morgan fingerprint density at radius 3 is 2.34 bits per heavy atom. The number of likely N-dealkylation sites (tertiary alicyclic amines) is 1. The molecule has 1 aromatic rings. The van der Waals surface area contributed by atoms with Gasteiger partial charge >= 0.3 is 11.9 Å². The van der Waals surface area contributed by atoms with Crippen LogP contribution < -0.4 is 5.32 Å². The second kappa shape index (κ2) is 12.7. The molecule has 0 aromatic heterocycles. The lowest BCUT2D eigenvalue weighted by atomic mass is 9.84. The van der Waals surface area contributed by atoms with Crippen LogP contribution in [0.4, 0.5) is 0 Å². The predicted molar refractivity (Wildman–Crippen MR) is 140 cm³/mol. The predicted octanol–water partition coefficient (Wildman–Crippen LogP) is 1.79. The maximum atomic E-state index is 13.1. The highest BCUT2D eigenvalue weighted by molar-refractivity contribution is 5.88. The summed E-state index contributed by atoms with van der Waals surface area (Å²) in [5, 5.41) is 22.0. The van der Waals surface area contributed by atoms with Crippen molar-refractivity contribution in [3.8, 4) is 0 Å². The monoisotopic (exact) mass is 528 g/mol. The van der Waals surface area contributed by atoms with Crippen molar-refractivity contribution in [2.75, 3.05) is 26.2 Å². The number of fused-ring (bicyclic) bond motifs is 1. The van der Waals surface area contributed by atoms with E-state index < -0.39 is 30.1 Å². The van der Waals surface area contributed by atoms with E-state index in [0.29, 0.717) is 19.5 Å². The molecule has 3 aliphatic rings. The molecule has 208 valence electrons. The summed E-state index contributed by atoms with van der Waals surface area (Å²) < 4.78 is 0. The van der Waals surface area contributed by atoms with Crippen molar-refractivity contribution in [3.63, 3.8) is 0 Å². The Balaban J connectivity index is 1.27. The molecule has 0 unspecified atom stereocenters. The van der Waals surface area contributed by atoms with E-state index in [1.807, 2.05) is 23.1 Å². The molecule has 1 aliphatic carbocycles. The third-order valence-electron chi connectivity index (χ3n) is 8.51. The molecule has 1 saturated carbocycles. The molecular formula is C28H40N4O6. The van der Waals surface area contributed by atoms with E-state index in [2.05, 4.69) is 22.3 Å². The van der Waals surface area contributed by atoms with Crippen LogP contribution in [0, 0.1) is 5.92 Å². The quantitative estimate of drug-likeness (QED) is 0.419. The van der Waals surface area contributed by atoms with Crippen LogP contribution in [0.25, 0.3) is 0 Å². The molecular weight excluding hydrogens is 488 g/mol. The zero-order valence-electron chi connectivity index (χ0n) is 22.1. The third-order valence-corrected chi connectivity index (χ3v) is 8.51. The Kier molecular flexibility index (Phi) is 9.38. The van der Waals surface area contributed by atoms with Crippen LogP contribution >= 0.6 is 0 Å². The standard InChI is InChI=1S/C28H40N4O6/c1-19(31-15-13-30(14-16-31)18-20-7-3-2-4-8-20)26(34)29-22(27(35)36)11-12-25(33)32-23-10-6-5-9-21(23)17-24(32)28(37)38/h2-4,7-8,19,21-24H,5-6,9-18H2,1H3,(H,29,34)(H,35,36)(H,37,38)/t19-,21+,22-,23+,24+/m1/s1. The molecule has 0 bridgehead atoms. The van der Waals surface area contributed by atoms with E-state index in [1.54, 1.807) is 6.92 Å². The van der Waals surface area contributed by atoms with Crippen LogP contribution in [0.2, 0.25) is 0 Å². The van der Waals surface area contributed by atoms with Gasteiger partial charge in [0.25, 0.3) is 0 Å². The summed E-state index contributed by atoms with van der Waals surface area (Å²) >= 11 is 0. The van der Waals surface area contributed by atoms with Crippen molar-refractivity contribution in [3.05, 3.63) is 35.9 Å². The largest absolute Gasteiger partial charge is 0.480 e. The Bertz CT molecular complexity index is 996. The Morgan fingerprint density at radius 1 is 1.00 bits per heavy atom. The minimum atomic E-state index is -1.21. The zero-order chi connectivity index (χ0) is 27.2. The van der Waals surface area contributed by atoms with E-state index in [4.69, 9.17) is 0 Å². The molecule has 2 aliphatic heterocycles. The smallest absolute Gasteiger partial charge is 0.326 e. The number of carbonyl (C=O) groups excluding carboxylic acids is 2. The second-order valence-corrected chi connectivity index (χ2v) is 10.9. The molecule has 4 rings (SSSR count). The summed E-state index contributed by atoms with van der Waals surface area (Å²) in [6.45, 7) is 5.65. The Labute approximate surface area is 224 Å². The maximum Gasteiger partial charge on any atom is 0.326 e. The highest BCUT2D eigenvalue weighted by Gasteiger charge is 2.47. The summed E-state index contributed by atoms with van der Waals surface area (Å²) in [6.07, 6.45) is 3.99. The molecule has 5 atom stereocenters. The summed E-state index contributed by atoms with van der Waals surface area (Å²) in [4.78, 5) is 55.7. The fourth-order valence-electron chi connectivity index (χ4n) is 6.30. The van der Waals surface area contributed by atoms with Crippen LogP contribution in [0.1, 0.15) is 57.4 Å². The number of hydrogen-bond donors (Lipinski definition) is 3. The SMILES string of the molecule is C[C@H](C(=O)N[C@H](CCC(=O)N1[C@H](C(=O)O)C[C@@H]2CCCC[C@@H]21)C(=O)O)N1CCN(Cc2ccccc2)CC1. The van der Waals surface area contributed by atoms with Gasteiger partial charge in [0.1, 0.15) is 12.1 Å². The number of carboxylic acids is 2. The van der Waals surface area contributed by atoms with Gasteiger partial charge in [-0.2, -0.15) is 0 Å². The first-order chi connectivity index (χ1) is 18.2. The van der Waals surface area contributed by atoms with Gasteiger partial charge in [-0.05, 0) is 44.1 Å². The number of aliphatic carboxylic acids is 2. The minimum absolute atomic E-state index is 0.0717. The molecule has 2 saturated heterocycles. The minimum Gasteiger partial charge on any atom is -0.480 e. The van der Waals surface area contributed by atoms with Crippen LogP contribution in [-0.2, 0) is 25.7 Å². The normalized spacial score (nSPS) is 25.8. The third kappa shape index (κ3) is 6.71. The highest BCUT2D eigenvalue weighted by atomic mass is 16.4. The molecule has 2 amide bonds. The fraction of sp³-hybridized carbons (Fsp3) is 0.643. The fourth-order valence-corrected chi connectivity index (χ4v) is 6.30. The Morgan fingerprint density at radius 2 is 1.68 bits per heavy atom. The first kappa shape index (κ1) is 28.0. The van der Waals surface area contributed by atoms with E-state index in [9.17, 15) is 29.4 Å². The van der Waals surface area contributed by atoms with Crippen LogP contribution in [0.3, 0.4) is 0 Å². The van der Waals surface area contributed by atoms with Gasteiger partial charge in [-0.15, -0.1) is 0 Å². The topological polar surface area (TPSA) is 130 Å². The summed E-state index contributed by atoms with van der Waals surface area (Å²) in [5.41, 5.74) is 1.24. The molecule has 1 aromatic carbocycles. The van der Waals surface area contributed by atoms with Gasteiger partial charge in [-0.1, -0.05) is 43.2 Å². The zero-order valence-corrected chi connectivity index (χ0v) is 22.1. The van der Waals surface area contributed by atoms with Crippen LogP contribution in [0.5, 0.6) is 0 Å². The number of nitrogens with zero attached hydrogens (tertiary/aromatic N) is 3. The molecule has 3 fully saturated rings. The van der Waals surface area contributed by atoms with Crippen molar-refractivity contribution in [1.29, 1.82) is 0 Å². The van der Waals surface area contributed by atoms with Gasteiger partial charge in [0, 0.05) is 45.2 Å². The summed E-state index contributed by atoms with van der Waals surface area (Å²) in [7, 11) is 0. The first-order valence-electron chi connectivity index (χ1n) is 13.8. The lowest BCUT2D eigenvalue weighted by molar-refractivity contribution is -0.150. The number of piperazine rings is 1. The van der Waals surface area contributed by atoms with Crippen LogP contribution in [-0.4, -0.2) is 99.0 Å². The molecule has 0 spiro atoms. The second-order valence-electron chi connectivity index (χ2n) is 10.9. The van der Waals surface area contributed by atoms with Crippen molar-refractivity contribution < 1.29 is 29.4 Å². The number of nitrogens with one attached hydrogen (secondary N) is 1. The van der Waals surface area contributed by atoms with E-state index in [0.717, 1.165) is 45.3 Å². The van der Waals surface area contributed by atoms with E-state index >= 15 is 0 Å². The van der Waals surface area contributed by atoms with E-state index in [-0.39, 0.29) is 36.6 Å². The van der Waals surface area contributed by atoms with Crippen molar-refractivity contribution in [1.82, 2.24) is 20.0 Å². The van der Waals surface area contributed by atoms with Crippen molar-refractivity contribution in [2.45, 2.75) is 82.6 Å². The molecule has 3 N–H and O–H groups in total. The first-order valence-corrected chi connectivity index (χ1v) is 13.8. The lowest BCUT2D eigenvalue weighted by Gasteiger charge is -2.37. The summed E-state index contributed by atoms with van der Waals surface area (Å²) in [6, 6.07) is 7.58. The average Bonchev–Trinajstić information content (AvgIpc) is 3.31. The molecule has 0 radical (unpaired) electrons. The number of amides is 2. The van der Waals surface area contributed by atoms with Gasteiger partial charge in [0.05, 0.1) is 6.04 Å². The molecule has 10 nitrogen and oxygen atoms in total. The number of carbonyl (C=O) groups is 4. The maximum absolute atomic E-state index is 13.1. The van der Waals surface area contributed by atoms with Gasteiger partial charge in [0.15, 0.2) is 0 Å². The van der Waals surface area contributed by atoms with Gasteiger partial charge in [0.2, 0.25) is 11.8 Å². The lowest BCUT2D eigenvalue weighted by Crippen LogP contribution is -2.55. The average molecular weight is 529 g/mol. The molecule has 10 heteroatoms. The van der Waals surface area contributed by atoms with Crippen LogP contribution in [0.15, 0.2) is 30.3 Å². The number of rotatable bonds is 10. The van der Waals surface area contributed by atoms with Gasteiger partial charge < -0.3 is 20.4 Å². The molecule has 2 heterocycles. The van der Waals surface area contributed by atoms with Gasteiger partial charge in [-0.25, -0.2) is 9.59 Å². The van der Waals surface area contributed by atoms with Crippen molar-refractivity contribution in [2.24, 2.45) is 5.92 Å². The van der Waals surface area contributed by atoms with Gasteiger partial charge in [-0.3, -0.25) is 19.4 Å². The Hall–Kier alpha value is -2.98. The van der Waals surface area contributed by atoms with Crippen molar-refractivity contribution >= 4 is 23.8 Å². The number of carboxylic acid groups (broad SMARTS) is 2. The number of benzene rings is 1. The highest BCUT2D eigenvalue weighted by Crippen LogP contribution is 2.40.